The molecule has 1 amide bonds. The van der Waals surface area contributed by atoms with Crippen molar-refractivity contribution in [2.24, 2.45) is 5.73 Å². The summed E-state index contributed by atoms with van der Waals surface area (Å²) in [6.45, 7) is 1.51. The van der Waals surface area contributed by atoms with Gasteiger partial charge < -0.3 is 16.2 Å². The fraction of sp³-hybridized carbons (Fsp3) is 0.333. The van der Waals surface area contributed by atoms with Crippen molar-refractivity contribution in [1.29, 1.82) is 0 Å². The minimum Gasteiger partial charge on any atom is -0.481 e. The SMILES string of the molecule is Cc1ccc(C(F)(F)F)cc1NC(=O)C(N)CC(=O)O. The zero-order valence-corrected chi connectivity index (χ0v) is 10.5. The van der Waals surface area contributed by atoms with Crippen LogP contribution in [0.3, 0.4) is 0 Å². The highest BCUT2D eigenvalue weighted by Gasteiger charge is 2.31. The molecule has 1 aromatic rings. The Kier molecular flexibility index (Phi) is 4.72. The van der Waals surface area contributed by atoms with E-state index in [1.54, 1.807) is 0 Å². The molecule has 1 aromatic carbocycles. The van der Waals surface area contributed by atoms with Crippen molar-refractivity contribution in [3.05, 3.63) is 29.3 Å². The molecule has 0 heterocycles. The normalized spacial score (nSPS) is 12.8. The van der Waals surface area contributed by atoms with Crippen LogP contribution in [0, 0.1) is 6.92 Å². The summed E-state index contributed by atoms with van der Waals surface area (Å²) in [7, 11) is 0. The molecule has 0 bridgehead atoms. The van der Waals surface area contributed by atoms with Gasteiger partial charge in [0.05, 0.1) is 18.0 Å². The Morgan fingerprint density at radius 3 is 2.50 bits per heavy atom. The lowest BCUT2D eigenvalue weighted by molar-refractivity contribution is -0.139. The van der Waals surface area contributed by atoms with E-state index in [9.17, 15) is 22.8 Å². The molecule has 4 N–H and O–H groups in total. The van der Waals surface area contributed by atoms with Crippen LogP contribution in [0.4, 0.5) is 18.9 Å². The predicted octanol–water partition coefficient (Wildman–Crippen LogP) is 1.75. The van der Waals surface area contributed by atoms with Gasteiger partial charge in [0.2, 0.25) is 5.91 Å². The highest BCUT2D eigenvalue weighted by molar-refractivity contribution is 5.97. The van der Waals surface area contributed by atoms with Gasteiger partial charge in [0, 0.05) is 5.69 Å². The number of carbonyl (C=O) groups is 2. The molecule has 1 rings (SSSR count). The van der Waals surface area contributed by atoms with Gasteiger partial charge in [0.1, 0.15) is 0 Å². The van der Waals surface area contributed by atoms with E-state index in [1.165, 1.54) is 13.0 Å². The molecule has 1 unspecified atom stereocenters. The Morgan fingerprint density at radius 2 is 2.00 bits per heavy atom. The van der Waals surface area contributed by atoms with E-state index < -0.39 is 36.1 Å². The smallest absolute Gasteiger partial charge is 0.416 e. The van der Waals surface area contributed by atoms with Crippen molar-refractivity contribution >= 4 is 17.6 Å². The van der Waals surface area contributed by atoms with Crippen LogP contribution in [0.25, 0.3) is 0 Å². The monoisotopic (exact) mass is 290 g/mol. The third-order valence-corrected chi connectivity index (χ3v) is 2.55. The van der Waals surface area contributed by atoms with Crippen LogP contribution in [0.1, 0.15) is 17.5 Å². The lowest BCUT2D eigenvalue weighted by Gasteiger charge is -2.14. The first kappa shape index (κ1) is 16.0. The van der Waals surface area contributed by atoms with Crippen LogP contribution in [-0.2, 0) is 15.8 Å². The van der Waals surface area contributed by atoms with Crippen molar-refractivity contribution < 1.29 is 27.9 Å². The van der Waals surface area contributed by atoms with E-state index in [-0.39, 0.29) is 5.69 Å². The molecular formula is C12H13F3N2O3. The molecular weight excluding hydrogens is 277 g/mol. The second-order valence-corrected chi connectivity index (χ2v) is 4.22. The van der Waals surface area contributed by atoms with Crippen LogP contribution in [0.2, 0.25) is 0 Å². The third-order valence-electron chi connectivity index (χ3n) is 2.55. The van der Waals surface area contributed by atoms with Gasteiger partial charge in [-0.3, -0.25) is 9.59 Å². The van der Waals surface area contributed by atoms with Crippen LogP contribution < -0.4 is 11.1 Å². The molecule has 0 fully saturated rings. The summed E-state index contributed by atoms with van der Waals surface area (Å²) in [6, 6.07) is 1.55. The Labute approximate surface area is 112 Å². The molecule has 0 aliphatic heterocycles. The largest absolute Gasteiger partial charge is 0.481 e. The molecule has 0 aliphatic carbocycles. The van der Waals surface area contributed by atoms with Crippen molar-refractivity contribution in [2.75, 3.05) is 5.32 Å². The zero-order valence-electron chi connectivity index (χ0n) is 10.5. The third kappa shape index (κ3) is 4.23. The summed E-state index contributed by atoms with van der Waals surface area (Å²) >= 11 is 0. The van der Waals surface area contributed by atoms with Crippen LogP contribution in [0.5, 0.6) is 0 Å². The van der Waals surface area contributed by atoms with Crippen LogP contribution in [-0.4, -0.2) is 23.0 Å². The summed E-state index contributed by atoms with van der Waals surface area (Å²) in [5.41, 5.74) is 4.77. The number of aliphatic carboxylic acids is 1. The number of carboxylic acid groups (broad SMARTS) is 1. The van der Waals surface area contributed by atoms with Gasteiger partial charge in [-0.05, 0) is 24.6 Å². The first-order valence-electron chi connectivity index (χ1n) is 5.57. The molecule has 0 aromatic heterocycles. The summed E-state index contributed by atoms with van der Waals surface area (Å²) < 4.78 is 37.7. The summed E-state index contributed by atoms with van der Waals surface area (Å²) in [4.78, 5) is 22.0. The summed E-state index contributed by atoms with van der Waals surface area (Å²) in [6.07, 6.45) is -5.14. The molecule has 5 nitrogen and oxygen atoms in total. The van der Waals surface area contributed by atoms with Crippen molar-refractivity contribution in [2.45, 2.75) is 25.6 Å². The van der Waals surface area contributed by atoms with Gasteiger partial charge in [-0.15, -0.1) is 0 Å². The Hall–Kier alpha value is -2.09. The number of benzene rings is 1. The van der Waals surface area contributed by atoms with Gasteiger partial charge >= 0.3 is 12.1 Å². The van der Waals surface area contributed by atoms with E-state index in [0.29, 0.717) is 5.56 Å². The van der Waals surface area contributed by atoms with Gasteiger partial charge in [-0.1, -0.05) is 6.07 Å². The Morgan fingerprint density at radius 1 is 1.40 bits per heavy atom. The van der Waals surface area contributed by atoms with Crippen LogP contribution >= 0.6 is 0 Å². The highest BCUT2D eigenvalue weighted by Crippen LogP contribution is 2.32. The van der Waals surface area contributed by atoms with E-state index in [2.05, 4.69) is 5.32 Å². The molecule has 0 saturated heterocycles. The minimum absolute atomic E-state index is 0.0503. The molecule has 0 aliphatic rings. The van der Waals surface area contributed by atoms with Gasteiger partial charge in [-0.25, -0.2) is 0 Å². The van der Waals surface area contributed by atoms with Crippen molar-refractivity contribution in [3.8, 4) is 0 Å². The van der Waals surface area contributed by atoms with Gasteiger partial charge in [-0.2, -0.15) is 13.2 Å². The number of nitrogens with two attached hydrogens (primary N) is 1. The summed E-state index contributed by atoms with van der Waals surface area (Å²) in [5.74, 6) is -2.12. The zero-order chi connectivity index (χ0) is 15.5. The molecule has 0 spiro atoms. The fourth-order valence-corrected chi connectivity index (χ4v) is 1.44. The first-order chi connectivity index (χ1) is 9.11. The maximum Gasteiger partial charge on any atom is 0.416 e. The maximum atomic E-state index is 12.6. The number of amides is 1. The minimum atomic E-state index is -4.53. The second-order valence-electron chi connectivity index (χ2n) is 4.22. The molecule has 0 saturated carbocycles. The number of carboxylic acids is 1. The number of rotatable bonds is 4. The average Bonchev–Trinajstić information content (AvgIpc) is 2.29. The molecule has 110 valence electrons. The number of hydrogen-bond donors (Lipinski definition) is 3. The molecule has 0 radical (unpaired) electrons. The maximum absolute atomic E-state index is 12.6. The van der Waals surface area contributed by atoms with Crippen LogP contribution in [0.15, 0.2) is 18.2 Å². The quantitative estimate of drug-likeness (QED) is 0.787. The summed E-state index contributed by atoms with van der Waals surface area (Å²) in [5, 5.41) is 10.7. The number of hydrogen-bond acceptors (Lipinski definition) is 3. The Bertz CT molecular complexity index is 529. The number of alkyl halides is 3. The van der Waals surface area contributed by atoms with Crippen molar-refractivity contribution in [1.82, 2.24) is 0 Å². The lowest BCUT2D eigenvalue weighted by Crippen LogP contribution is -2.37. The number of nitrogens with one attached hydrogen (secondary N) is 1. The number of halogens is 3. The molecule has 20 heavy (non-hydrogen) atoms. The number of aryl methyl sites for hydroxylation is 1. The van der Waals surface area contributed by atoms with Crippen molar-refractivity contribution in [3.63, 3.8) is 0 Å². The molecule has 8 heteroatoms. The second kappa shape index (κ2) is 5.91. The lowest BCUT2D eigenvalue weighted by atomic mass is 10.1. The van der Waals surface area contributed by atoms with E-state index in [4.69, 9.17) is 10.8 Å². The topological polar surface area (TPSA) is 92.4 Å². The van der Waals surface area contributed by atoms with Gasteiger partial charge in [0.15, 0.2) is 0 Å². The molecule has 1 atom stereocenters. The van der Waals surface area contributed by atoms with E-state index in [1.807, 2.05) is 0 Å². The predicted molar refractivity (Wildman–Crippen MR) is 65.0 cm³/mol. The number of carbonyl (C=O) groups excluding carboxylic acids is 1. The highest BCUT2D eigenvalue weighted by atomic mass is 19.4. The Balaban J connectivity index is 2.92. The average molecular weight is 290 g/mol. The van der Waals surface area contributed by atoms with Gasteiger partial charge in [0.25, 0.3) is 0 Å². The van der Waals surface area contributed by atoms with E-state index >= 15 is 0 Å². The fourth-order valence-electron chi connectivity index (χ4n) is 1.44. The standard InChI is InChI=1S/C12H13F3N2O3/c1-6-2-3-7(12(13,14)15)4-9(6)17-11(20)8(16)5-10(18)19/h2-4,8H,5,16H2,1H3,(H,17,20)(H,18,19). The van der Waals surface area contributed by atoms with E-state index in [0.717, 1.165) is 12.1 Å². The number of anilines is 1. The first-order valence-corrected chi connectivity index (χ1v) is 5.57.